The first-order chi connectivity index (χ1) is 5.83. The van der Waals surface area contributed by atoms with Crippen molar-refractivity contribution in [3.63, 3.8) is 0 Å². The Kier molecular flexibility index (Phi) is 4.58. The molecule has 1 aliphatic rings. The Morgan fingerprint density at radius 1 is 1.33 bits per heavy atom. The van der Waals surface area contributed by atoms with Gasteiger partial charge in [-0.1, -0.05) is 6.42 Å². The molecule has 12 heavy (non-hydrogen) atoms. The third-order valence-electron chi connectivity index (χ3n) is 2.39. The van der Waals surface area contributed by atoms with Gasteiger partial charge in [0.25, 0.3) is 0 Å². The normalized spacial score (nSPS) is 22.5. The van der Waals surface area contributed by atoms with Gasteiger partial charge in [-0.05, 0) is 25.9 Å². The molecule has 1 atom stereocenters. The molecule has 1 radical (unpaired) electrons. The molecule has 1 rings (SSSR count). The van der Waals surface area contributed by atoms with E-state index in [-0.39, 0.29) is 0 Å². The molecule has 1 heterocycles. The number of likely N-dealkylation sites (tertiary alicyclic amines) is 1. The first kappa shape index (κ1) is 9.96. The molecular weight excluding hydrogens is 154 g/mol. The lowest BCUT2D eigenvalue weighted by Crippen LogP contribution is -2.32. The van der Waals surface area contributed by atoms with Gasteiger partial charge in [0.05, 0.1) is 0 Å². The highest BCUT2D eigenvalue weighted by Gasteiger charge is 2.11. The highest BCUT2D eigenvalue weighted by Crippen LogP contribution is 2.09. The molecule has 0 N–H and O–H groups in total. The monoisotopic (exact) mass is 172 g/mol. The third kappa shape index (κ3) is 3.52. The number of hydrogen-bond acceptors (Lipinski definition) is 2. The van der Waals surface area contributed by atoms with E-state index < -0.39 is 6.29 Å². The SMILES string of the molecule is COC([O])CCN1CCCCC1. The number of methoxy groups -OCH3 is 1. The molecule has 1 saturated heterocycles. The fourth-order valence-corrected chi connectivity index (χ4v) is 1.59. The van der Waals surface area contributed by atoms with E-state index in [1.165, 1.54) is 26.4 Å². The minimum atomic E-state index is -0.827. The van der Waals surface area contributed by atoms with E-state index in [2.05, 4.69) is 9.64 Å². The van der Waals surface area contributed by atoms with Gasteiger partial charge in [0.1, 0.15) is 0 Å². The second-order valence-corrected chi connectivity index (χ2v) is 3.36. The third-order valence-corrected chi connectivity index (χ3v) is 2.39. The van der Waals surface area contributed by atoms with Crippen LogP contribution in [0.2, 0.25) is 0 Å². The van der Waals surface area contributed by atoms with Crippen LogP contribution in [0.25, 0.3) is 0 Å². The molecule has 1 aliphatic heterocycles. The Morgan fingerprint density at radius 3 is 2.58 bits per heavy atom. The summed E-state index contributed by atoms with van der Waals surface area (Å²) in [5.41, 5.74) is 0. The molecule has 71 valence electrons. The Bertz CT molecular complexity index is 113. The lowest BCUT2D eigenvalue weighted by molar-refractivity contribution is -0.126. The van der Waals surface area contributed by atoms with Crippen molar-refractivity contribution in [1.29, 1.82) is 0 Å². The van der Waals surface area contributed by atoms with Gasteiger partial charge < -0.3 is 9.64 Å². The molecule has 3 nitrogen and oxygen atoms in total. The summed E-state index contributed by atoms with van der Waals surface area (Å²) < 4.78 is 4.66. The van der Waals surface area contributed by atoms with Crippen molar-refractivity contribution in [1.82, 2.24) is 4.90 Å². The van der Waals surface area contributed by atoms with Crippen LogP contribution in [0.15, 0.2) is 0 Å². The Balaban J connectivity index is 2.05. The topological polar surface area (TPSA) is 32.4 Å². The summed E-state index contributed by atoms with van der Waals surface area (Å²) in [5.74, 6) is 0. The van der Waals surface area contributed by atoms with Crippen molar-refractivity contribution in [2.24, 2.45) is 0 Å². The minimum absolute atomic E-state index is 0.622. The van der Waals surface area contributed by atoms with E-state index in [1.54, 1.807) is 0 Å². The minimum Gasteiger partial charge on any atom is -0.353 e. The molecule has 0 aromatic rings. The largest absolute Gasteiger partial charge is 0.353 e. The molecule has 1 fully saturated rings. The maximum absolute atomic E-state index is 10.9. The maximum Gasteiger partial charge on any atom is 0.192 e. The zero-order chi connectivity index (χ0) is 8.81. The van der Waals surface area contributed by atoms with Gasteiger partial charge in [-0.2, -0.15) is 0 Å². The van der Waals surface area contributed by atoms with Crippen molar-refractivity contribution >= 4 is 0 Å². The average Bonchev–Trinajstić information content (AvgIpc) is 2.16. The Morgan fingerprint density at radius 2 is 2.00 bits per heavy atom. The molecule has 0 saturated carbocycles. The summed E-state index contributed by atoms with van der Waals surface area (Å²) in [5, 5.41) is 10.9. The molecule has 0 aliphatic carbocycles. The fraction of sp³-hybridized carbons (Fsp3) is 1.00. The van der Waals surface area contributed by atoms with Gasteiger partial charge in [-0.3, -0.25) is 0 Å². The average molecular weight is 172 g/mol. The Hall–Kier alpha value is -0.120. The van der Waals surface area contributed by atoms with Crippen molar-refractivity contribution in [3.05, 3.63) is 0 Å². The van der Waals surface area contributed by atoms with Crippen LogP contribution in [0.4, 0.5) is 0 Å². The molecule has 0 spiro atoms. The zero-order valence-electron chi connectivity index (χ0n) is 7.79. The number of nitrogens with zero attached hydrogens (tertiary/aromatic N) is 1. The van der Waals surface area contributed by atoms with Crippen LogP contribution in [0.3, 0.4) is 0 Å². The molecule has 0 bridgehead atoms. The van der Waals surface area contributed by atoms with Crippen molar-refractivity contribution in [2.75, 3.05) is 26.7 Å². The lowest BCUT2D eigenvalue weighted by Gasteiger charge is -2.26. The fourth-order valence-electron chi connectivity index (χ4n) is 1.59. The van der Waals surface area contributed by atoms with Gasteiger partial charge in [0.2, 0.25) is 0 Å². The van der Waals surface area contributed by atoms with Crippen LogP contribution in [0.5, 0.6) is 0 Å². The molecule has 3 heteroatoms. The molecule has 1 unspecified atom stereocenters. The number of hydrogen-bond donors (Lipinski definition) is 0. The summed E-state index contributed by atoms with van der Waals surface area (Å²) in [6.07, 6.45) is 3.72. The summed E-state index contributed by atoms with van der Waals surface area (Å²) >= 11 is 0. The van der Waals surface area contributed by atoms with Crippen LogP contribution < -0.4 is 0 Å². The van der Waals surface area contributed by atoms with E-state index in [0.717, 1.165) is 19.6 Å². The van der Waals surface area contributed by atoms with E-state index in [9.17, 15) is 5.11 Å². The smallest absolute Gasteiger partial charge is 0.192 e. The van der Waals surface area contributed by atoms with Crippen molar-refractivity contribution in [2.45, 2.75) is 32.0 Å². The van der Waals surface area contributed by atoms with Crippen LogP contribution >= 0.6 is 0 Å². The second kappa shape index (κ2) is 5.51. The first-order valence-electron chi connectivity index (χ1n) is 4.74. The standard InChI is InChI=1S/C9H18NO2/c1-12-9(11)5-8-10-6-3-2-4-7-10/h9H,2-8H2,1H3. The predicted octanol–water partition coefficient (Wildman–Crippen LogP) is 1.27. The second-order valence-electron chi connectivity index (χ2n) is 3.36. The van der Waals surface area contributed by atoms with Crippen LogP contribution in [-0.4, -0.2) is 37.9 Å². The summed E-state index contributed by atoms with van der Waals surface area (Å²) in [6, 6.07) is 0. The van der Waals surface area contributed by atoms with E-state index in [4.69, 9.17) is 0 Å². The van der Waals surface area contributed by atoms with E-state index >= 15 is 0 Å². The number of rotatable bonds is 4. The molecular formula is C9H18NO2. The van der Waals surface area contributed by atoms with Gasteiger partial charge in [-0.15, -0.1) is 0 Å². The highest BCUT2D eigenvalue weighted by molar-refractivity contribution is 4.64. The molecule has 0 amide bonds. The van der Waals surface area contributed by atoms with Crippen LogP contribution in [0, 0.1) is 0 Å². The Labute approximate surface area is 74.3 Å². The molecule has 0 aromatic heterocycles. The van der Waals surface area contributed by atoms with Gasteiger partial charge in [0, 0.05) is 20.1 Å². The maximum atomic E-state index is 10.9. The first-order valence-corrected chi connectivity index (χ1v) is 4.74. The summed E-state index contributed by atoms with van der Waals surface area (Å²) in [4.78, 5) is 2.35. The lowest BCUT2D eigenvalue weighted by atomic mass is 10.1. The van der Waals surface area contributed by atoms with Crippen LogP contribution in [-0.2, 0) is 9.84 Å². The number of piperidine rings is 1. The quantitative estimate of drug-likeness (QED) is 0.598. The predicted molar refractivity (Wildman–Crippen MR) is 46.4 cm³/mol. The van der Waals surface area contributed by atoms with E-state index in [0.29, 0.717) is 6.42 Å². The van der Waals surface area contributed by atoms with Gasteiger partial charge >= 0.3 is 0 Å². The van der Waals surface area contributed by atoms with Gasteiger partial charge in [-0.25, -0.2) is 5.11 Å². The highest BCUT2D eigenvalue weighted by atomic mass is 16.6. The number of ether oxygens (including phenoxy) is 1. The van der Waals surface area contributed by atoms with Gasteiger partial charge in [0.15, 0.2) is 6.29 Å². The molecule has 0 aromatic carbocycles. The van der Waals surface area contributed by atoms with Crippen molar-refractivity contribution in [3.8, 4) is 0 Å². The van der Waals surface area contributed by atoms with Crippen molar-refractivity contribution < 1.29 is 9.84 Å². The zero-order valence-corrected chi connectivity index (χ0v) is 7.79. The van der Waals surface area contributed by atoms with E-state index in [1.807, 2.05) is 0 Å². The summed E-state index contributed by atoms with van der Waals surface area (Å²) in [7, 11) is 1.48. The van der Waals surface area contributed by atoms with Crippen LogP contribution in [0.1, 0.15) is 25.7 Å². The summed E-state index contributed by atoms with van der Waals surface area (Å²) in [6.45, 7) is 3.23.